The van der Waals surface area contributed by atoms with Gasteiger partial charge in [0.05, 0.1) is 6.04 Å². The van der Waals surface area contributed by atoms with Gasteiger partial charge in [-0.2, -0.15) is 0 Å². The molecule has 1 N–H and O–H groups in total. The molecule has 0 radical (unpaired) electrons. The minimum absolute atomic E-state index is 0.251. The van der Waals surface area contributed by atoms with Crippen LogP contribution in [0.25, 0.3) is 0 Å². The summed E-state index contributed by atoms with van der Waals surface area (Å²) >= 11 is 1.70. The second-order valence-corrected chi connectivity index (χ2v) is 4.92. The van der Waals surface area contributed by atoms with E-state index in [1.807, 2.05) is 11.6 Å². The normalized spacial score (nSPS) is 20.3. The number of aliphatic hydroxyl groups is 1. The van der Waals surface area contributed by atoms with Crippen molar-refractivity contribution in [2.75, 3.05) is 19.7 Å². The molecular formula is C11H18N2OS. The molecule has 4 heteroatoms. The highest BCUT2D eigenvalue weighted by Gasteiger charge is 2.23. The van der Waals surface area contributed by atoms with Gasteiger partial charge in [0, 0.05) is 18.2 Å². The predicted molar refractivity (Wildman–Crippen MR) is 62.0 cm³/mol. The van der Waals surface area contributed by atoms with E-state index in [1.54, 1.807) is 11.3 Å². The number of aromatic nitrogens is 1. The molecule has 0 saturated carbocycles. The van der Waals surface area contributed by atoms with Crippen molar-refractivity contribution in [2.24, 2.45) is 0 Å². The number of likely N-dealkylation sites (tertiary alicyclic amines) is 1. The van der Waals surface area contributed by atoms with Gasteiger partial charge in [0.25, 0.3) is 0 Å². The fraction of sp³-hybridized carbons (Fsp3) is 0.727. The van der Waals surface area contributed by atoms with Gasteiger partial charge >= 0.3 is 0 Å². The van der Waals surface area contributed by atoms with Gasteiger partial charge in [0.2, 0.25) is 0 Å². The summed E-state index contributed by atoms with van der Waals surface area (Å²) in [4.78, 5) is 6.85. The predicted octanol–water partition coefficient (Wildman–Crippen LogP) is 2.05. The van der Waals surface area contributed by atoms with Gasteiger partial charge in [-0.05, 0) is 32.4 Å². The Labute approximate surface area is 94.8 Å². The first-order chi connectivity index (χ1) is 7.42. The highest BCUT2D eigenvalue weighted by atomic mass is 32.1. The average Bonchev–Trinajstić information content (AvgIpc) is 2.80. The Morgan fingerprint density at radius 3 is 2.80 bits per heavy atom. The van der Waals surface area contributed by atoms with E-state index >= 15 is 0 Å². The Bertz CT molecular complexity index is 270. The molecule has 2 heterocycles. The highest BCUT2D eigenvalue weighted by molar-refractivity contribution is 7.09. The van der Waals surface area contributed by atoms with Crippen molar-refractivity contribution in [2.45, 2.75) is 31.7 Å². The first-order valence-electron chi connectivity index (χ1n) is 5.66. The molecule has 3 nitrogen and oxygen atoms in total. The summed E-state index contributed by atoms with van der Waals surface area (Å²) in [6.07, 6.45) is 6.59. The van der Waals surface area contributed by atoms with Crippen molar-refractivity contribution in [3.05, 3.63) is 16.6 Å². The molecule has 1 aromatic heterocycles. The Morgan fingerprint density at radius 1 is 1.40 bits per heavy atom. The molecule has 2 rings (SSSR count). The van der Waals surface area contributed by atoms with E-state index in [0.717, 1.165) is 24.5 Å². The van der Waals surface area contributed by atoms with E-state index < -0.39 is 0 Å². The number of aliphatic hydroxyl groups excluding tert-OH is 1. The van der Waals surface area contributed by atoms with Crippen LogP contribution in [0.5, 0.6) is 0 Å². The molecule has 0 amide bonds. The number of thiazole rings is 1. The van der Waals surface area contributed by atoms with E-state index in [9.17, 15) is 0 Å². The number of hydrogen-bond donors (Lipinski definition) is 1. The lowest BCUT2D eigenvalue weighted by Crippen LogP contribution is -2.34. The Kier molecular flexibility index (Phi) is 4.11. The third kappa shape index (κ3) is 2.77. The largest absolute Gasteiger partial charge is 0.396 e. The molecule has 15 heavy (non-hydrogen) atoms. The van der Waals surface area contributed by atoms with Gasteiger partial charge in [-0.3, -0.25) is 4.90 Å². The zero-order valence-corrected chi connectivity index (χ0v) is 9.75. The standard InChI is InChI=1S/C11H18N2OS/c14-8-4-10(11-12-5-9-15-11)13-6-2-1-3-7-13/h5,9-10,14H,1-4,6-8H2. The van der Waals surface area contributed by atoms with Gasteiger partial charge in [0.15, 0.2) is 0 Å². The molecule has 0 aliphatic carbocycles. The number of nitrogens with zero attached hydrogens (tertiary/aromatic N) is 2. The van der Waals surface area contributed by atoms with E-state index in [0.29, 0.717) is 6.04 Å². The van der Waals surface area contributed by atoms with Crippen LogP contribution in [0.2, 0.25) is 0 Å². The van der Waals surface area contributed by atoms with E-state index in [2.05, 4.69) is 9.88 Å². The molecule has 1 aliphatic heterocycles. The van der Waals surface area contributed by atoms with Crippen LogP contribution in [0.1, 0.15) is 36.7 Å². The van der Waals surface area contributed by atoms with Crippen LogP contribution < -0.4 is 0 Å². The van der Waals surface area contributed by atoms with Crippen LogP contribution in [-0.4, -0.2) is 34.7 Å². The topological polar surface area (TPSA) is 36.4 Å². The van der Waals surface area contributed by atoms with Gasteiger partial charge < -0.3 is 5.11 Å². The zero-order valence-electron chi connectivity index (χ0n) is 8.93. The minimum atomic E-state index is 0.251. The first kappa shape index (κ1) is 11.0. The Morgan fingerprint density at radius 2 is 2.20 bits per heavy atom. The first-order valence-corrected chi connectivity index (χ1v) is 6.54. The second kappa shape index (κ2) is 5.58. The average molecular weight is 226 g/mol. The summed E-state index contributed by atoms with van der Waals surface area (Å²) in [6.45, 7) is 2.56. The molecule has 1 atom stereocenters. The van der Waals surface area contributed by atoms with Crippen molar-refractivity contribution in [3.8, 4) is 0 Å². The lowest BCUT2D eigenvalue weighted by molar-refractivity contribution is 0.133. The van der Waals surface area contributed by atoms with Crippen LogP contribution in [0.4, 0.5) is 0 Å². The maximum Gasteiger partial charge on any atom is 0.110 e. The molecule has 0 bridgehead atoms. The van der Waals surface area contributed by atoms with E-state index in [1.165, 1.54) is 19.3 Å². The SMILES string of the molecule is OCCC(c1nccs1)N1CCCCC1. The van der Waals surface area contributed by atoms with Crippen molar-refractivity contribution in [1.29, 1.82) is 0 Å². The van der Waals surface area contributed by atoms with E-state index in [4.69, 9.17) is 5.11 Å². The van der Waals surface area contributed by atoms with Crippen LogP contribution >= 0.6 is 11.3 Å². The molecule has 84 valence electrons. The molecule has 0 aromatic carbocycles. The highest BCUT2D eigenvalue weighted by Crippen LogP contribution is 2.28. The smallest absolute Gasteiger partial charge is 0.110 e. The van der Waals surface area contributed by atoms with Crippen molar-refractivity contribution in [1.82, 2.24) is 9.88 Å². The van der Waals surface area contributed by atoms with Gasteiger partial charge in [-0.1, -0.05) is 6.42 Å². The Balaban J connectivity index is 2.04. The molecule has 1 aromatic rings. The third-order valence-corrected chi connectivity index (χ3v) is 3.85. The lowest BCUT2D eigenvalue weighted by atomic mass is 10.1. The summed E-state index contributed by atoms with van der Waals surface area (Å²) < 4.78 is 0. The number of piperidine rings is 1. The van der Waals surface area contributed by atoms with Crippen molar-refractivity contribution >= 4 is 11.3 Å². The minimum Gasteiger partial charge on any atom is -0.396 e. The maximum absolute atomic E-state index is 9.12. The molecule has 1 aliphatic rings. The summed E-state index contributed by atoms with van der Waals surface area (Å²) in [5.74, 6) is 0. The lowest BCUT2D eigenvalue weighted by Gasteiger charge is -2.33. The van der Waals surface area contributed by atoms with Crippen LogP contribution in [-0.2, 0) is 0 Å². The van der Waals surface area contributed by atoms with Gasteiger partial charge in [-0.15, -0.1) is 11.3 Å². The third-order valence-electron chi connectivity index (χ3n) is 2.97. The molecule has 1 unspecified atom stereocenters. The maximum atomic E-state index is 9.12. The molecule has 1 fully saturated rings. The van der Waals surface area contributed by atoms with Crippen molar-refractivity contribution < 1.29 is 5.11 Å². The fourth-order valence-electron chi connectivity index (χ4n) is 2.21. The number of hydrogen-bond acceptors (Lipinski definition) is 4. The summed E-state index contributed by atoms with van der Waals surface area (Å²) in [5.41, 5.74) is 0. The van der Waals surface area contributed by atoms with Crippen LogP contribution in [0.3, 0.4) is 0 Å². The van der Waals surface area contributed by atoms with Crippen LogP contribution in [0.15, 0.2) is 11.6 Å². The zero-order chi connectivity index (χ0) is 10.5. The second-order valence-electron chi connectivity index (χ2n) is 4.00. The summed E-state index contributed by atoms with van der Waals surface area (Å²) in [6, 6.07) is 0.343. The monoisotopic (exact) mass is 226 g/mol. The summed E-state index contributed by atoms with van der Waals surface area (Å²) in [5, 5.41) is 12.3. The van der Waals surface area contributed by atoms with Crippen molar-refractivity contribution in [3.63, 3.8) is 0 Å². The van der Waals surface area contributed by atoms with Crippen LogP contribution in [0, 0.1) is 0 Å². The van der Waals surface area contributed by atoms with Gasteiger partial charge in [0.1, 0.15) is 5.01 Å². The summed E-state index contributed by atoms with van der Waals surface area (Å²) in [7, 11) is 0. The molecule has 0 spiro atoms. The number of rotatable bonds is 4. The van der Waals surface area contributed by atoms with Gasteiger partial charge in [-0.25, -0.2) is 4.98 Å². The van der Waals surface area contributed by atoms with E-state index in [-0.39, 0.29) is 6.61 Å². The Hall–Kier alpha value is -0.450. The quantitative estimate of drug-likeness (QED) is 0.853. The molecular weight excluding hydrogens is 208 g/mol. The fourth-order valence-corrected chi connectivity index (χ4v) is 3.02. The molecule has 1 saturated heterocycles.